The third-order valence-corrected chi connectivity index (χ3v) is 3.99. The molecule has 1 aromatic carbocycles. The fourth-order valence-electron chi connectivity index (χ4n) is 2.39. The fraction of sp³-hybridized carbons (Fsp3) is 0.333. The lowest BCUT2D eigenvalue weighted by Crippen LogP contribution is -2.29. The van der Waals surface area contributed by atoms with Crippen LogP contribution in [-0.4, -0.2) is 42.0 Å². The Hall–Kier alpha value is -3.20. The van der Waals surface area contributed by atoms with Crippen LogP contribution in [0.3, 0.4) is 0 Å². The number of methoxy groups -OCH3 is 1. The molecule has 2 aromatic rings. The molecule has 9 nitrogen and oxygen atoms in total. The van der Waals surface area contributed by atoms with Gasteiger partial charge in [0.2, 0.25) is 5.91 Å². The molecule has 2 amide bonds. The first-order chi connectivity index (χ1) is 13.2. The van der Waals surface area contributed by atoms with Crippen molar-refractivity contribution >= 4 is 28.9 Å². The van der Waals surface area contributed by atoms with Crippen molar-refractivity contribution in [1.82, 2.24) is 15.4 Å². The van der Waals surface area contributed by atoms with Gasteiger partial charge in [-0.25, -0.2) is 9.97 Å². The second-order valence-electron chi connectivity index (χ2n) is 6.27. The van der Waals surface area contributed by atoms with Crippen LogP contribution in [0.25, 0.3) is 0 Å². The highest BCUT2D eigenvalue weighted by molar-refractivity contribution is 5.96. The molecule has 4 N–H and O–H groups in total. The number of aromatic nitrogens is 2. The quantitative estimate of drug-likeness (QED) is 0.496. The zero-order valence-corrected chi connectivity index (χ0v) is 15.0. The van der Waals surface area contributed by atoms with Gasteiger partial charge < -0.3 is 15.4 Å². The molecule has 0 aliphatic heterocycles. The van der Waals surface area contributed by atoms with E-state index in [9.17, 15) is 9.59 Å². The Morgan fingerprint density at radius 3 is 2.67 bits per heavy atom. The number of rotatable bonds is 9. The minimum absolute atomic E-state index is 0.0372. The van der Waals surface area contributed by atoms with Gasteiger partial charge in [-0.2, -0.15) is 0 Å². The van der Waals surface area contributed by atoms with Crippen LogP contribution in [-0.2, 0) is 9.53 Å². The molecule has 1 heterocycles. The van der Waals surface area contributed by atoms with Crippen LogP contribution in [0.5, 0.6) is 0 Å². The minimum atomic E-state index is -0.364. The molecule has 0 radical (unpaired) electrons. The predicted octanol–water partition coefficient (Wildman–Crippen LogP) is 1.64. The van der Waals surface area contributed by atoms with Crippen LogP contribution in [0, 0.1) is 5.92 Å². The number of amides is 2. The Labute approximate surface area is 156 Å². The zero-order valence-electron chi connectivity index (χ0n) is 15.0. The highest BCUT2D eigenvalue weighted by Gasteiger charge is 2.21. The standard InChI is InChI=1S/C18H22N6O3/c1-27-10-17(25)22-16-6-14(4-5-15(16)21-7-12-2-3-12)23-24-18(26)13-8-19-11-20-9-13/h4-6,8-9,11-12,21,23H,2-3,7,10H2,1H3,(H,22,25)(H,24,26). The maximum atomic E-state index is 12.1. The van der Waals surface area contributed by atoms with E-state index >= 15 is 0 Å². The summed E-state index contributed by atoms with van der Waals surface area (Å²) in [4.78, 5) is 31.6. The minimum Gasteiger partial charge on any atom is -0.383 e. The summed E-state index contributed by atoms with van der Waals surface area (Å²) in [5.41, 5.74) is 7.78. The average molecular weight is 370 g/mol. The average Bonchev–Trinajstić information content (AvgIpc) is 3.50. The number of hydrogen-bond acceptors (Lipinski definition) is 7. The monoisotopic (exact) mass is 370 g/mol. The molecule has 142 valence electrons. The maximum Gasteiger partial charge on any atom is 0.272 e. The van der Waals surface area contributed by atoms with E-state index in [0.717, 1.165) is 12.2 Å². The van der Waals surface area contributed by atoms with Crippen molar-refractivity contribution in [2.24, 2.45) is 5.92 Å². The molecule has 1 fully saturated rings. The molecule has 1 aliphatic carbocycles. The van der Waals surface area contributed by atoms with Gasteiger partial charge in [-0.15, -0.1) is 0 Å². The third-order valence-electron chi connectivity index (χ3n) is 3.99. The van der Waals surface area contributed by atoms with Gasteiger partial charge in [-0.3, -0.25) is 20.4 Å². The molecular weight excluding hydrogens is 348 g/mol. The Kier molecular flexibility index (Phi) is 6.16. The number of anilines is 3. The second kappa shape index (κ2) is 8.95. The molecule has 27 heavy (non-hydrogen) atoms. The van der Waals surface area contributed by atoms with E-state index in [1.165, 1.54) is 38.7 Å². The highest BCUT2D eigenvalue weighted by atomic mass is 16.5. The summed E-state index contributed by atoms with van der Waals surface area (Å²) in [6.45, 7) is 0.829. The number of carbonyl (C=O) groups excluding carboxylic acids is 2. The van der Waals surface area contributed by atoms with Crippen molar-refractivity contribution in [1.29, 1.82) is 0 Å². The Balaban J connectivity index is 1.66. The van der Waals surface area contributed by atoms with E-state index in [-0.39, 0.29) is 18.4 Å². The molecular formula is C18H22N6O3. The summed E-state index contributed by atoms with van der Waals surface area (Å²) in [5, 5.41) is 6.17. The molecule has 0 bridgehead atoms. The largest absolute Gasteiger partial charge is 0.383 e. The summed E-state index contributed by atoms with van der Waals surface area (Å²) in [6.07, 6.45) is 6.66. The summed E-state index contributed by atoms with van der Waals surface area (Å²) in [6, 6.07) is 5.40. The van der Waals surface area contributed by atoms with Gasteiger partial charge in [-0.1, -0.05) is 0 Å². The molecule has 9 heteroatoms. The van der Waals surface area contributed by atoms with Crippen molar-refractivity contribution in [3.8, 4) is 0 Å². The van der Waals surface area contributed by atoms with Gasteiger partial charge in [0.1, 0.15) is 12.9 Å². The zero-order chi connectivity index (χ0) is 19.1. The molecule has 0 atom stereocenters. The van der Waals surface area contributed by atoms with Crippen LogP contribution in [0.1, 0.15) is 23.2 Å². The molecule has 0 spiro atoms. The lowest BCUT2D eigenvalue weighted by atomic mass is 10.2. The number of hydrogen-bond donors (Lipinski definition) is 4. The lowest BCUT2D eigenvalue weighted by molar-refractivity contribution is -0.119. The van der Waals surface area contributed by atoms with Crippen molar-refractivity contribution in [2.45, 2.75) is 12.8 Å². The van der Waals surface area contributed by atoms with E-state index in [2.05, 4.69) is 31.5 Å². The smallest absolute Gasteiger partial charge is 0.272 e. The van der Waals surface area contributed by atoms with Gasteiger partial charge in [0.05, 0.1) is 22.6 Å². The fourth-order valence-corrected chi connectivity index (χ4v) is 2.39. The van der Waals surface area contributed by atoms with Gasteiger partial charge in [0, 0.05) is 26.0 Å². The van der Waals surface area contributed by atoms with E-state index in [1.807, 2.05) is 12.1 Å². The van der Waals surface area contributed by atoms with Crippen molar-refractivity contribution < 1.29 is 14.3 Å². The molecule has 0 unspecified atom stereocenters. The Morgan fingerprint density at radius 2 is 1.96 bits per heavy atom. The first-order valence-electron chi connectivity index (χ1n) is 8.64. The van der Waals surface area contributed by atoms with E-state index in [1.54, 1.807) is 6.07 Å². The molecule has 3 rings (SSSR count). The topological polar surface area (TPSA) is 117 Å². The van der Waals surface area contributed by atoms with E-state index in [0.29, 0.717) is 22.9 Å². The number of ether oxygens (including phenoxy) is 1. The molecule has 1 aliphatic rings. The number of carbonyl (C=O) groups is 2. The van der Waals surface area contributed by atoms with E-state index < -0.39 is 0 Å². The summed E-state index contributed by atoms with van der Waals surface area (Å²) < 4.78 is 4.87. The summed E-state index contributed by atoms with van der Waals surface area (Å²) in [7, 11) is 1.46. The normalized spacial score (nSPS) is 12.9. The maximum absolute atomic E-state index is 12.1. The Bertz CT molecular complexity index is 795. The van der Waals surface area contributed by atoms with Gasteiger partial charge in [-0.05, 0) is 37.0 Å². The van der Waals surface area contributed by atoms with Crippen molar-refractivity contribution in [3.05, 3.63) is 42.5 Å². The van der Waals surface area contributed by atoms with Gasteiger partial charge >= 0.3 is 0 Å². The second-order valence-corrected chi connectivity index (χ2v) is 6.27. The lowest BCUT2D eigenvalue weighted by Gasteiger charge is -2.16. The predicted molar refractivity (Wildman–Crippen MR) is 101 cm³/mol. The first kappa shape index (κ1) is 18.6. The molecule has 1 saturated carbocycles. The molecule has 1 aromatic heterocycles. The van der Waals surface area contributed by atoms with Crippen LogP contribution < -0.4 is 21.5 Å². The van der Waals surface area contributed by atoms with Crippen LogP contribution in [0.2, 0.25) is 0 Å². The van der Waals surface area contributed by atoms with Gasteiger partial charge in [0.15, 0.2) is 0 Å². The van der Waals surface area contributed by atoms with Crippen LogP contribution in [0.4, 0.5) is 17.1 Å². The number of nitrogens with one attached hydrogen (secondary N) is 4. The summed E-state index contributed by atoms with van der Waals surface area (Å²) >= 11 is 0. The SMILES string of the molecule is COCC(=O)Nc1cc(NNC(=O)c2cncnc2)ccc1NCC1CC1. The van der Waals surface area contributed by atoms with E-state index in [4.69, 9.17) is 4.74 Å². The third kappa shape index (κ3) is 5.65. The first-order valence-corrected chi connectivity index (χ1v) is 8.64. The summed E-state index contributed by atoms with van der Waals surface area (Å²) in [5.74, 6) is 0.0730. The Morgan fingerprint density at radius 1 is 1.19 bits per heavy atom. The van der Waals surface area contributed by atoms with Crippen molar-refractivity contribution in [2.75, 3.05) is 36.3 Å². The number of benzene rings is 1. The van der Waals surface area contributed by atoms with Crippen molar-refractivity contribution in [3.63, 3.8) is 0 Å². The van der Waals surface area contributed by atoms with Gasteiger partial charge in [0.25, 0.3) is 5.91 Å². The molecule has 0 saturated heterocycles. The number of hydrazine groups is 1. The highest BCUT2D eigenvalue weighted by Crippen LogP contribution is 2.31. The van der Waals surface area contributed by atoms with Crippen LogP contribution >= 0.6 is 0 Å². The number of nitrogens with zero attached hydrogens (tertiary/aromatic N) is 2. The van der Waals surface area contributed by atoms with Crippen LogP contribution in [0.15, 0.2) is 36.9 Å².